The molecule has 1 saturated heterocycles. The van der Waals surface area contributed by atoms with Crippen molar-refractivity contribution in [3.05, 3.63) is 46.2 Å². The first kappa shape index (κ1) is 15.3. The van der Waals surface area contributed by atoms with Crippen LogP contribution >= 0.6 is 0 Å². The van der Waals surface area contributed by atoms with E-state index in [1.54, 1.807) is 24.0 Å². The summed E-state index contributed by atoms with van der Waals surface area (Å²) in [6.45, 7) is 4.63. The van der Waals surface area contributed by atoms with Crippen LogP contribution in [0.5, 0.6) is 0 Å². The van der Waals surface area contributed by atoms with Gasteiger partial charge >= 0.3 is 0 Å². The molecular formula is C17H19N3O3. The van der Waals surface area contributed by atoms with Gasteiger partial charge in [0.2, 0.25) is 11.8 Å². The first-order valence-corrected chi connectivity index (χ1v) is 7.65. The van der Waals surface area contributed by atoms with Gasteiger partial charge in [-0.1, -0.05) is 12.1 Å². The SMILES string of the molecule is Cc1cc(=O)c2ccccc2n1CC(=O)N1CCNC(=O)[C@@H]1C. The van der Waals surface area contributed by atoms with E-state index in [1.807, 2.05) is 29.7 Å². The number of benzene rings is 1. The van der Waals surface area contributed by atoms with Crippen LogP contribution < -0.4 is 10.7 Å². The van der Waals surface area contributed by atoms with Gasteiger partial charge in [0, 0.05) is 30.2 Å². The monoisotopic (exact) mass is 313 g/mol. The van der Waals surface area contributed by atoms with Crippen molar-refractivity contribution in [2.45, 2.75) is 26.4 Å². The first-order chi connectivity index (χ1) is 11.0. The topological polar surface area (TPSA) is 71.4 Å². The Morgan fingerprint density at radius 1 is 1.30 bits per heavy atom. The number of piperazine rings is 1. The summed E-state index contributed by atoms with van der Waals surface area (Å²) in [6.07, 6.45) is 0. The van der Waals surface area contributed by atoms with E-state index >= 15 is 0 Å². The molecule has 1 aromatic heterocycles. The molecule has 0 saturated carbocycles. The summed E-state index contributed by atoms with van der Waals surface area (Å²) in [6, 6.07) is 8.32. The largest absolute Gasteiger partial charge is 0.353 e. The van der Waals surface area contributed by atoms with Crippen molar-refractivity contribution < 1.29 is 9.59 Å². The lowest BCUT2D eigenvalue weighted by Gasteiger charge is -2.33. The fraction of sp³-hybridized carbons (Fsp3) is 0.353. The third-order valence-electron chi connectivity index (χ3n) is 4.34. The van der Waals surface area contributed by atoms with Crippen molar-refractivity contribution in [2.75, 3.05) is 13.1 Å². The number of amides is 2. The predicted molar refractivity (Wildman–Crippen MR) is 87.1 cm³/mol. The van der Waals surface area contributed by atoms with Gasteiger partial charge in [0.05, 0.1) is 5.52 Å². The Balaban J connectivity index is 1.97. The summed E-state index contributed by atoms with van der Waals surface area (Å²) in [7, 11) is 0. The molecular weight excluding hydrogens is 294 g/mol. The summed E-state index contributed by atoms with van der Waals surface area (Å²) < 4.78 is 1.83. The van der Waals surface area contributed by atoms with Crippen molar-refractivity contribution in [2.24, 2.45) is 0 Å². The highest BCUT2D eigenvalue weighted by Crippen LogP contribution is 2.14. The predicted octanol–water partition coefficient (Wildman–Crippen LogP) is 0.657. The number of nitrogens with zero attached hydrogens (tertiary/aromatic N) is 2. The molecule has 2 heterocycles. The van der Waals surface area contributed by atoms with Gasteiger partial charge in [-0.05, 0) is 26.0 Å². The number of fused-ring (bicyclic) bond motifs is 1. The maximum atomic E-state index is 12.7. The van der Waals surface area contributed by atoms with E-state index in [0.29, 0.717) is 18.5 Å². The van der Waals surface area contributed by atoms with E-state index < -0.39 is 6.04 Å². The smallest absolute Gasteiger partial charge is 0.243 e. The van der Waals surface area contributed by atoms with Crippen molar-refractivity contribution in [1.82, 2.24) is 14.8 Å². The molecule has 120 valence electrons. The van der Waals surface area contributed by atoms with Gasteiger partial charge < -0.3 is 14.8 Å². The summed E-state index contributed by atoms with van der Waals surface area (Å²) >= 11 is 0. The van der Waals surface area contributed by atoms with E-state index in [0.717, 1.165) is 11.2 Å². The number of hydrogen-bond donors (Lipinski definition) is 1. The number of aromatic nitrogens is 1. The number of hydrogen-bond acceptors (Lipinski definition) is 3. The van der Waals surface area contributed by atoms with E-state index in [1.165, 1.54) is 0 Å². The van der Waals surface area contributed by atoms with Crippen LogP contribution in [0.2, 0.25) is 0 Å². The number of aryl methyl sites for hydroxylation is 1. The number of carbonyl (C=O) groups is 2. The highest BCUT2D eigenvalue weighted by molar-refractivity contribution is 5.89. The molecule has 0 radical (unpaired) electrons. The van der Waals surface area contributed by atoms with Gasteiger partial charge in [-0.2, -0.15) is 0 Å². The second-order valence-corrected chi connectivity index (χ2v) is 5.81. The van der Waals surface area contributed by atoms with Crippen LogP contribution in [0.1, 0.15) is 12.6 Å². The minimum absolute atomic E-state index is 0.0486. The van der Waals surface area contributed by atoms with Gasteiger partial charge in [-0.25, -0.2) is 0 Å². The Labute approximate surface area is 133 Å². The average Bonchev–Trinajstić information content (AvgIpc) is 2.54. The average molecular weight is 313 g/mol. The first-order valence-electron chi connectivity index (χ1n) is 7.65. The fourth-order valence-corrected chi connectivity index (χ4v) is 3.01. The van der Waals surface area contributed by atoms with Crippen LogP contribution in [0.3, 0.4) is 0 Å². The van der Waals surface area contributed by atoms with Crippen LogP contribution in [0.25, 0.3) is 10.9 Å². The van der Waals surface area contributed by atoms with Gasteiger partial charge in [-0.3, -0.25) is 14.4 Å². The molecule has 1 fully saturated rings. The normalized spacial score (nSPS) is 18.1. The van der Waals surface area contributed by atoms with Crippen LogP contribution in [-0.4, -0.2) is 40.4 Å². The second kappa shape index (κ2) is 5.87. The number of pyridine rings is 1. The molecule has 0 spiro atoms. The minimum Gasteiger partial charge on any atom is -0.353 e. The Bertz CT molecular complexity index is 841. The molecule has 1 aliphatic rings. The van der Waals surface area contributed by atoms with Gasteiger partial charge in [0.25, 0.3) is 0 Å². The Morgan fingerprint density at radius 3 is 2.83 bits per heavy atom. The number of para-hydroxylation sites is 1. The van der Waals surface area contributed by atoms with Crippen molar-refractivity contribution >= 4 is 22.7 Å². The molecule has 1 aliphatic heterocycles. The van der Waals surface area contributed by atoms with Crippen LogP contribution in [0.4, 0.5) is 0 Å². The van der Waals surface area contributed by atoms with Gasteiger partial charge in [-0.15, -0.1) is 0 Å². The molecule has 0 bridgehead atoms. The Morgan fingerprint density at radius 2 is 2.04 bits per heavy atom. The second-order valence-electron chi connectivity index (χ2n) is 5.81. The zero-order valence-electron chi connectivity index (χ0n) is 13.2. The minimum atomic E-state index is -0.470. The van der Waals surface area contributed by atoms with E-state index in [9.17, 15) is 14.4 Å². The fourth-order valence-electron chi connectivity index (χ4n) is 3.01. The molecule has 0 unspecified atom stereocenters. The molecule has 6 heteroatoms. The van der Waals surface area contributed by atoms with E-state index in [2.05, 4.69) is 5.32 Å². The molecule has 1 atom stereocenters. The maximum absolute atomic E-state index is 12.7. The number of carbonyl (C=O) groups excluding carboxylic acids is 2. The van der Waals surface area contributed by atoms with Crippen LogP contribution in [0, 0.1) is 6.92 Å². The lowest BCUT2D eigenvalue weighted by Crippen LogP contribution is -2.56. The highest BCUT2D eigenvalue weighted by atomic mass is 16.2. The molecule has 0 aliphatic carbocycles. The van der Waals surface area contributed by atoms with Gasteiger partial charge in [0.15, 0.2) is 5.43 Å². The van der Waals surface area contributed by atoms with Crippen molar-refractivity contribution in [1.29, 1.82) is 0 Å². The van der Waals surface area contributed by atoms with Gasteiger partial charge in [0.1, 0.15) is 12.6 Å². The Hall–Kier alpha value is -2.63. The van der Waals surface area contributed by atoms with E-state index in [-0.39, 0.29) is 23.8 Å². The quantitative estimate of drug-likeness (QED) is 0.885. The summed E-state index contributed by atoms with van der Waals surface area (Å²) in [4.78, 5) is 38.0. The zero-order chi connectivity index (χ0) is 16.6. The van der Waals surface area contributed by atoms with E-state index in [4.69, 9.17) is 0 Å². The van der Waals surface area contributed by atoms with Crippen LogP contribution in [-0.2, 0) is 16.1 Å². The molecule has 6 nitrogen and oxygen atoms in total. The lowest BCUT2D eigenvalue weighted by atomic mass is 10.1. The standard InChI is InChI=1S/C17H19N3O3/c1-11-9-15(21)13-5-3-4-6-14(13)20(11)10-16(22)19-8-7-18-17(23)12(19)2/h3-6,9,12H,7-8,10H2,1-2H3,(H,18,23)/t12-/m0/s1. The zero-order valence-corrected chi connectivity index (χ0v) is 13.2. The van der Waals surface area contributed by atoms with Crippen molar-refractivity contribution in [3.63, 3.8) is 0 Å². The number of nitrogens with one attached hydrogen (secondary N) is 1. The third kappa shape index (κ3) is 2.72. The molecule has 3 rings (SSSR count). The summed E-state index contributed by atoms with van der Waals surface area (Å²) in [5.41, 5.74) is 1.42. The molecule has 2 aromatic rings. The Kier molecular flexibility index (Phi) is 3.90. The molecule has 1 aromatic carbocycles. The molecule has 23 heavy (non-hydrogen) atoms. The highest BCUT2D eigenvalue weighted by Gasteiger charge is 2.29. The van der Waals surface area contributed by atoms with Crippen molar-refractivity contribution in [3.8, 4) is 0 Å². The molecule has 2 amide bonds. The molecule has 1 N–H and O–H groups in total. The third-order valence-corrected chi connectivity index (χ3v) is 4.34. The number of rotatable bonds is 2. The summed E-state index contributed by atoms with van der Waals surface area (Å²) in [5, 5.41) is 3.34. The van der Waals surface area contributed by atoms with Crippen LogP contribution in [0.15, 0.2) is 35.1 Å². The lowest BCUT2D eigenvalue weighted by molar-refractivity contribution is -0.142. The summed E-state index contributed by atoms with van der Waals surface area (Å²) in [5.74, 6) is -0.254. The maximum Gasteiger partial charge on any atom is 0.243 e.